The molecule has 0 spiro atoms. The summed E-state index contributed by atoms with van der Waals surface area (Å²) in [6, 6.07) is 5.88. The van der Waals surface area contributed by atoms with Crippen molar-refractivity contribution in [3.63, 3.8) is 0 Å². The molecule has 0 aromatic heterocycles. The SMILES string of the molecule is CS(=O)(=O)C1=CC(N=N)C(O)c2ccccc21. The Kier molecular flexibility index (Phi) is 2.84. The molecule has 2 rings (SSSR count). The third kappa shape index (κ3) is 2.01. The van der Waals surface area contributed by atoms with Crippen molar-refractivity contribution in [2.75, 3.05) is 6.26 Å². The van der Waals surface area contributed by atoms with E-state index in [-0.39, 0.29) is 4.91 Å². The summed E-state index contributed by atoms with van der Waals surface area (Å²) in [6.07, 6.45) is 1.47. The Morgan fingerprint density at radius 1 is 1.35 bits per heavy atom. The number of nitrogens with one attached hydrogen (secondary N) is 1. The average Bonchev–Trinajstić information content (AvgIpc) is 2.28. The zero-order chi connectivity index (χ0) is 12.6. The Bertz CT molecular complexity index is 592. The van der Waals surface area contributed by atoms with Crippen molar-refractivity contribution in [3.05, 3.63) is 41.5 Å². The minimum absolute atomic E-state index is 0.124. The minimum Gasteiger partial charge on any atom is -0.386 e. The van der Waals surface area contributed by atoms with Crippen LogP contribution in [0.3, 0.4) is 0 Å². The number of sulfone groups is 1. The first-order valence-electron chi connectivity index (χ1n) is 5.01. The van der Waals surface area contributed by atoms with Crippen LogP contribution in [0.25, 0.3) is 4.91 Å². The molecule has 0 saturated heterocycles. The molecule has 0 bridgehead atoms. The molecule has 1 aromatic rings. The lowest BCUT2D eigenvalue weighted by Crippen LogP contribution is -2.22. The van der Waals surface area contributed by atoms with Gasteiger partial charge in [-0.1, -0.05) is 24.3 Å². The lowest BCUT2D eigenvalue weighted by molar-refractivity contribution is 0.158. The molecular weight excluding hydrogens is 240 g/mol. The van der Waals surface area contributed by atoms with E-state index in [9.17, 15) is 13.5 Å². The first-order valence-corrected chi connectivity index (χ1v) is 6.90. The summed E-state index contributed by atoms with van der Waals surface area (Å²) in [5, 5.41) is 13.2. The normalized spacial score (nSPS) is 23.8. The molecular formula is C11H12N2O3S. The van der Waals surface area contributed by atoms with Gasteiger partial charge >= 0.3 is 0 Å². The highest BCUT2D eigenvalue weighted by Crippen LogP contribution is 2.36. The van der Waals surface area contributed by atoms with E-state index in [0.29, 0.717) is 11.1 Å². The first-order chi connectivity index (χ1) is 7.95. The maximum absolute atomic E-state index is 11.7. The molecule has 2 atom stereocenters. The largest absolute Gasteiger partial charge is 0.386 e. The van der Waals surface area contributed by atoms with Crippen molar-refractivity contribution >= 4 is 14.7 Å². The van der Waals surface area contributed by atoms with E-state index < -0.39 is 22.0 Å². The van der Waals surface area contributed by atoms with Gasteiger partial charge < -0.3 is 5.11 Å². The highest BCUT2D eigenvalue weighted by atomic mass is 32.2. The monoisotopic (exact) mass is 252 g/mol. The fourth-order valence-corrected chi connectivity index (χ4v) is 2.90. The van der Waals surface area contributed by atoms with Gasteiger partial charge in [0.25, 0.3) is 0 Å². The molecule has 0 amide bonds. The van der Waals surface area contributed by atoms with Gasteiger partial charge in [0.15, 0.2) is 9.84 Å². The molecule has 90 valence electrons. The van der Waals surface area contributed by atoms with Crippen LogP contribution >= 0.6 is 0 Å². The lowest BCUT2D eigenvalue weighted by atomic mass is 9.92. The number of aliphatic hydroxyl groups excluding tert-OH is 1. The second-order valence-electron chi connectivity index (χ2n) is 3.95. The summed E-state index contributed by atoms with van der Waals surface area (Å²) in [7, 11) is -3.40. The Morgan fingerprint density at radius 3 is 2.59 bits per heavy atom. The van der Waals surface area contributed by atoms with Crippen LogP contribution in [0.1, 0.15) is 17.2 Å². The minimum atomic E-state index is -3.40. The molecule has 0 saturated carbocycles. The number of benzene rings is 1. The highest BCUT2D eigenvalue weighted by Gasteiger charge is 2.31. The number of aliphatic hydroxyl groups is 1. The van der Waals surface area contributed by atoms with Crippen LogP contribution in [0.15, 0.2) is 35.5 Å². The molecule has 1 aliphatic carbocycles. The van der Waals surface area contributed by atoms with Gasteiger partial charge in [-0.15, -0.1) is 0 Å². The molecule has 6 heteroatoms. The summed E-state index contributed by atoms with van der Waals surface area (Å²) < 4.78 is 23.3. The average molecular weight is 252 g/mol. The maximum Gasteiger partial charge on any atom is 0.175 e. The van der Waals surface area contributed by atoms with Gasteiger partial charge in [0.2, 0.25) is 0 Å². The van der Waals surface area contributed by atoms with Crippen molar-refractivity contribution in [2.45, 2.75) is 12.1 Å². The van der Waals surface area contributed by atoms with E-state index >= 15 is 0 Å². The van der Waals surface area contributed by atoms with Crippen molar-refractivity contribution in [2.24, 2.45) is 5.11 Å². The molecule has 1 aromatic carbocycles. The van der Waals surface area contributed by atoms with Crippen LogP contribution in [-0.2, 0) is 9.84 Å². The van der Waals surface area contributed by atoms with Crippen LogP contribution in [-0.4, -0.2) is 25.8 Å². The van der Waals surface area contributed by atoms with Crippen LogP contribution in [0.2, 0.25) is 0 Å². The summed E-state index contributed by atoms with van der Waals surface area (Å²) >= 11 is 0. The number of hydrogen-bond donors (Lipinski definition) is 2. The lowest BCUT2D eigenvalue weighted by Gasteiger charge is -2.25. The summed E-state index contributed by atoms with van der Waals surface area (Å²) in [6.45, 7) is 0. The predicted octanol–water partition coefficient (Wildman–Crippen LogP) is 1.52. The van der Waals surface area contributed by atoms with Crippen LogP contribution < -0.4 is 0 Å². The zero-order valence-corrected chi connectivity index (χ0v) is 9.98. The summed E-state index contributed by atoms with van der Waals surface area (Å²) in [4.78, 5) is 0.124. The number of fused-ring (bicyclic) bond motifs is 1. The van der Waals surface area contributed by atoms with Gasteiger partial charge in [0.05, 0.1) is 4.91 Å². The molecule has 0 heterocycles. The van der Waals surface area contributed by atoms with E-state index in [1.807, 2.05) is 0 Å². The van der Waals surface area contributed by atoms with Crippen LogP contribution in [0.4, 0.5) is 0 Å². The third-order valence-corrected chi connectivity index (χ3v) is 3.89. The Hall–Kier alpha value is -1.53. The molecule has 2 unspecified atom stereocenters. The third-order valence-electron chi connectivity index (χ3n) is 2.74. The Labute approximate surface area is 99.2 Å². The van der Waals surface area contributed by atoms with Gasteiger partial charge in [-0.25, -0.2) is 13.9 Å². The van der Waals surface area contributed by atoms with E-state index in [2.05, 4.69) is 5.11 Å². The van der Waals surface area contributed by atoms with Crippen molar-refractivity contribution in [1.82, 2.24) is 0 Å². The Morgan fingerprint density at radius 2 is 2.00 bits per heavy atom. The Balaban J connectivity index is 2.71. The molecule has 0 aliphatic heterocycles. The fourth-order valence-electron chi connectivity index (χ4n) is 1.93. The van der Waals surface area contributed by atoms with E-state index in [4.69, 9.17) is 5.53 Å². The predicted molar refractivity (Wildman–Crippen MR) is 63.2 cm³/mol. The summed E-state index contributed by atoms with van der Waals surface area (Å²) in [5.41, 5.74) is 7.97. The van der Waals surface area contributed by atoms with Crippen LogP contribution in [0.5, 0.6) is 0 Å². The van der Waals surface area contributed by atoms with Gasteiger partial charge in [-0.2, -0.15) is 5.11 Å². The second-order valence-corrected chi connectivity index (χ2v) is 5.94. The molecule has 1 aliphatic rings. The molecule has 0 fully saturated rings. The van der Waals surface area contributed by atoms with Crippen molar-refractivity contribution in [3.8, 4) is 0 Å². The fraction of sp³-hybridized carbons (Fsp3) is 0.273. The van der Waals surface area contributed by atoms with E-state index in [1.54, 1.807) is 24.3 Å². The van der Waals surface area contributed by atoms with Gasteiger partial charge in [-0.05, 0) is 17.2 Å². The highest BCUT2D eigenvalue weighted by molar-refractivity contribution is 8.00. The zero-order valence-electron chi connectivity index (χ0n) is 9.16. The maximum atomic E-state index is 11.7. The van der Waals surface area contributed by atoms with E-state index in [0.717, 1.165) is 6.26 Å². The second kappa shape index (κ2) is 4.05. The van der Waals surface area contributed by atoms with Gasteiger partial charge in [0.1, 0.15) is 12.1 Å². The van der Waals surface area contributed by atoms with Gasteiger partial charge in [0, 0.05) is 6.26 Å². The summed E-state index contributed by atoms with van der Waals surface area (Å²) in [5.74, 6) is 0. The first kappa shape index (κ1) is 11.9. The molecule has 0 radical (unpaired) electrons. The number of hydrogen-bond acceptors (Lipinski definition) is 5. The quantitative estimate of drug-likeness (QED) is 0.782. The van der Waals surface area contributed by atoms with Crippen LogP contribution in [0, 0.1) is 5.53 Å². The molecule has 2 N–H and O–H groups in total. The smallest absolute Gasteiger partial charge is 0.175 e. The van der Waals surface area contributed by atoms with Gasteiger partial charge in [-0.3, -0.25) is 0 Å². The number of rotatable bonds is 2. The van der Waals surface area contributed by atoms with Crippen molar-refractivity contribution in [1.29, 1.82) is 5.53 Å². The topological polar surface area (TPSA) is 90.6 Å². The standard InChI is InChI=1S/C11H12N2O3S/c1-17(15,16)10-6-9(13-12)11(14)8-5-3-2-4-7(8)10/h2-6,9,11-12,14H,1H3. The molecule has 5 nitrogen and oxygen atoms in total. The van der Waals surface area contributed by atoms with Crippen molar-refractivity contribution < 1.29 is 13.5 Å². The number of nitrogens with zero attached hydrogens (tertiary/aromatic N) is 1. The molecule has 17 heavy (non-hydrogen) atoms. The van der Waals surface area contributed by atoms with E-state index in [1.165, 1.54) is 6.08 Å².